The number of aliphatic hydroxyl groups excluding tert-OH is 1. The molecule has 0 saturated carbocycles. The number of fused-ring (bicyclic) bond motifs is 1. The summed E-state index contributed by atoms with van der Waals surface area (Å²) in [5.41, 5.74) is 1.68. The van der Waals surface area contributed by atoms with Crippen LogP contribution >= 0.6 is 11.6 Å². The highest BCUT2D eigenvalue weighted by molar-refractivity contribution is 6.30. The SMILES string of the molecule is O=C(O)CC1CC(O)c2cc(Cl)ccc21. The smallest absolute Gasteiger partial charge is 0.303 e. The molecule has 0 spiro atoms. The third-order valence-electron chi connectivity index (χ3n) is 2.78. The van der Waals surface area contributed by atoms with Crippen LogP contribution in [0.15, 0.2) is 18.2 Å². The first kappa shape index (κ1) is 10.5. The molecule has 1 aromatic rings. The van der Waals surface area contributed by atoms with Crippen LogP contribution in [-0.4, -0.2) is 16.2 Å². The number of carboxylic acids is 1. The zero-order valence-electron chi connectivity index (χ0n) is 7.98. The molecule has 80 valence electrons. The Morgan fingerprint density at radius 2 is 2.20 bits per heavy atom. The summed E-state index contributed by atoms with van der Waals surface area (Å²) in [7, 11) is 0. The molecule has 0 amide bonds. The molecule has 0 bridgehead atoms. The molecule has 0 aliphatic heterocycles. The third-order valence-corrected chi connectivity index (χ3v) is 3.01. The molecule has 3 nitrogen and oxygen atoms in total. The summed E-state index contributed by atoms with van der Waals surface area (Å²) in [6.07, 6.45) is -0.0451. The van der Waals surface area contributed by atoms with Crippen molar-refractivity contribution < 1.29 is 15.0 Å². The second kappa shape index (κ2) is 3.83. The van der Waals surface area contributed by atoms with Crippen molar-refractivity contribution in [3.8, 4) is 0 Å². The first-order valence-corrected chi connectivity index (χ1v) is 5.15. The summed E-state index contributed by atoms with van der Waals surface area (Å²) >= 11 is 5.81. The second-order valence-corrected chi connectivity index (χ2v) is 4.26. The van der Waals surface area contributed by atoms with Crippen LogP contribution in [0.1, 0.15) is 36.0 Å². The summed E-state index contributed by atoms with van der Waals surface area (Å²) in [6, 6.07) is 5.25. The van der Waals surface area contributed by atoms with Crippen LogP contribution in [0, 0.1) is 0 Å². The molecule has 0 fully saturated rings. The molecule has 1 aliphatic rings. The van der Waals surface area contributed by atoms with Gasteiger partial charge in [0.05, 0.1) is 12.5 Å². The van der Waals surface area contributed by atoms with Crippen LogP contribution in [0.5, 0.6) is 0 Å². The van der Waals surface area contributed by atoms with E-state index in [0.29, 0.717) is 11.4 Å². The lowest BCUT2D eigenvalue weighted by atomic mass is 9.98. The molecule has 0 radical (unpaired) electrons. The lowest BCUT2D eigenvalue weighted by Crippen LogP contribution is -2.03. The predicted octanol–water partition coefficient (Wildman–Crippen LogP) is 2.34. The van der Waals surface area contributed by atoms with Crippen LogP contribution in [0.3, 0.4) is 0 Å². The highest BCUT2D eigenvalue weighted by Crippen LogP contribution is 2.42. The molecule has 2 atom stereocenters. The number of benzene rings is 1. The van der Waals surface area contributed by atoms with Crippen LogP contribution in [0.25, 0.3) is 0 Å². The van der Waals surface area contributed by atoms with Gasteiger partial charge in [-0.15, -0.1) is 0 Å². The van der Waals surface area contributed by atoms with Gasteiger partial charge in [0.2, 0.25) is 0 Å². The van der Waals surface area contributed by atoms with Gasteiger partial charge in [-0.05, 0) is 35.6 Å². The average molecular weight is 227 g/mol. The van der Waals surface area contributed by atoms with E-state index in [4.69, 9.17) is 16.7 Å². The van der Waals surface area contributed by atoms with Crippen molar-refractivity contribution in [3.63, 3.8) is 0 Å². The first-order chi connectivity index (χ1) is 7.08. The van der Waals surface area contributed by atoms with Crippen molar-refractivity contribution >= 4 is 17.6 Å². The lowest BCUT2D eigenvalue weighted by Gasteiger charge is -2.07. The maximum atomic E-state index is 10.6. The quantitative estimate of drug-likeness (QED) is 0.814. The van der Waals surface area contributed by atoms with E-state index < -0.39 is 12.1 Å². The van der Waals surface area contributed by atoms with Crippen LogP contribution < -0.4 is 0 Å². The van der Waals surface area contributed by atoms with Gasteiger partial charge in [-0.1, -0.05) is 17.7 Å². The number of rotatable bonds is 2. The maximum Gasteiger partial charge on any atom is 0.303 e. The zero-order chi connectivity index (χ0) is 11.0. The van der Waals surface area contributed by atoms with Gasteiger partial charge < -0.3 is 10.2 Å². The van der Waals surface area contributed by atoms with Gasteiger partial charge in [-0.2, -0.15) is 0 Å². The van der Waals surface area contributed by atoms with Gasteiger partial charge in [-0.25, -0.2) is 0 Å². The van der Waals surface area contributed by atoms with E-state index in [9.17, 15) is 9.90 Å². The molecule has 4 heteroatoms. The normalized spacial score (nSPS) is 23.9. The van der Waals surface area contributed by atoms with Crippen LogP contribution in [-0.2, 0) is 4.79 Å². The summed E-state index contributed by atoms with van der Waals surface area (Å²) in [6.45, 7) is 0. The van der Waals surface area contributed by atoms with E-state index in [1.807, 2.05) is 6.07 Å². The van der Waals surface area contributed by atoms with Crippen LogP contribution in [0.4, 0.5) is 0 Å². The van der Waals surface area contributed by atoms with Crippen molar-refractivity contribution in [2.24, 2.45) is 0 Å². The molecule has 1 aromatic carbocycles. The Morgan fingerprint density at radius 1 is 1.47 bits per heavy atom. The van der Waals surface area contributed by atoms with Gasteiger partial charge in [-0.3, -0.25) is 4.79 Å². The van der Waals surface area contributed by atoms with Gasteiger partial charge >= 0.3 is 5.97 Å². The average Bonchev–Trinajstić information content (AvgIpc) is 2.42. The minimum atomic E-state index is -0.838. The standard InChI is InChI=1S/C11H11ClO3/c12-7-1-2-8-6(4-11(14)15)3-10(13)9(8)5-7/h1-2,5-6,10,13H,3-4H2,(H,14,15). The largest absolute Gasteiger partial charge is 0.481 e. The fourth-order valence-corrected chi connectivity index (χ4v) is 2.31. The molecular formula is C11H11ClO3. The zero-order valence-corrected chi connectivity index (χ0v) is 8.74. The number of aliphatic carboxylic acids is 1. The van der Waals surface area contributed by atoms with Crippen molar-refractivity contribution in [1.29, 1.82) is 0 Å². The molecule has 0 saturated heterocycles. The van der Waals surface area contributed by atoms with E-state index in [1.165, 1.54) is 0 Å². The Hall–Kier alpha value is -1.06. The molecule has 2 rings (SSSR count). The van der Waals surface area contributed by atoms with E-state index in [0.717, 1.165) is 11.1 Å². The highest BCUT2D eigenvalue weighted by atomic mass is 35.5. The predicted molar refractivity (Wildman–Crippen MR) is 56.0 cm³/mol. The molecule has 15 heavy (non-hydrogen) atoms. The Kier molecular flexibility index (Phi) is 2.67. The summed E-state index contributed by atoms with van der Waals surface area (Å²) < 4.78 is 0. The number of hydrogen-bond acceptors (Lipinski definition) is 2. The number of hydrogen-bond donors (Lipinski definition) is 2. The van der Waals surface area contributed by atoms with Crippen molar-refractivity contribution in [1.82, 2.24) is 0 Å². The topological polar surface area (TPSA) is 57.5 Å². The first-order valence-electron chi connectivity index (χ1n) is 4.77. The van der Waals surface area contributed by atoms with Crippen molar-refractivity contribution in [2.75, 3.05) is 0 Å². The monoisotopic (exact) mass is 226 g/mol. The van der Waals surface area contributed by atoms with Gasteiger partial charge in [0.25, 0.3) is 0 Å². The van der Waals surface area contributed by atoms with Gasteiger partial charge in [0, 0.05) is 5.02 Å². The Labute approximate surface area is 92.3 Å². The molecule has 2 N–H and O–H groups in total. The summed E-state index contributed by atoms with van der Waals surface area (Å²) in [4.78, 5) is 10.6. The Balaban J connectivity index is 2.33. The molecule has 2 unspecified atom stereocenters. The maximum absolute atomic E-state index is 10.6. The molecule has 0 heterocycles. The fourth-order valence-electron chi connectivity index (χ4n) is 2.13. The number of halogens is 1. The number of carbonyl (C=O) groups is 1. The van der Waals surface area contributed by atoms with Gasteiger partial charge in [0.1, 0.15) is 0 Å². The van der Waals surface area contributed by atoms with Crippen molar-refractivity contribution in [3.05, 3.63) is 34.3 Å². The van der Waals surface area contributed by atoms with Crippen molar-refractivity contribution in [2.45, 2.75) is 24.9 Å². The minimum Gasteiger partial charge on any atom is -0.481 e. The summed E-state index contributed by atoms with van der Waals surface area (Å²) in [5, 5.41) is 19.0. The molecule has 1 aliphatic carbocycles. The van der Waals surface area contributed by atoms with E-state index in [2.05, 4.69) is 0 Å². The lowest BCUT2D eigenvalue weighted by molar-refractivity contribution is -0.137. The van der Waals surface area contributed by atoms with Crippen LogP contribution in [0.2, 0.25) is 5.02 Å². The second-order valence-electron chi connectivity index (χ2n) is 3.82. The summed E-state index contributed by atoms with van der Waals surface area (Å²) in [5.74, 6) is -0.931. The number of carboxylic acid groups (broad SMARTS) is 1. The van der Waals surface area contributed by atoms with Gasteiger partial charge in [0.15, 0.2) is 0 Å². The van der Waals surface area contributed by atoms with E-state index in [1.54, 1.807) is 12.1 Å². The molecular weight excluding hydrogens is 216 g/mol. The Bertz CT molecular complexity index is 403. The fraction of sp³-hybridized carbons (Fsp3) is 0.364. The number of aliphatic hydroxyl groups is 1. The highest BCUT2D eigenvalue weighted by Gasteiger charge is 2.30. The third kappa shape index (κ3) is 1.98. The molecule has 0 aromatic heterocycles. The van der Waals surface area contributed by atoms with E-state index in [-0.39, 0.29) is 12.3 Å². The van der Waals surface area contributed by atoms with E-state index >= 15 is 0 Å². The Morgan fingerprint density at radius 3 is 2.87 bits per heavy atom. The minimum absolute atomic E-state index is 0.0612.